The first-order valence-electron chi connectivity index (χ1n) is 6.20. The molecule has 4 nitrogen and oxygen atoms in total. The number of hydrogen-bond donors (Lipinski definition) is 1. The second kappa shape index (κ2) is 6.85. The van der Waals surface area contributed by atoms with E-state index in [1.807, 2.05) is 13.8 Å². The fourth-order valence-corrected chi connectivity index (χ4v) is 1.67. The molecule has 1 fully saturated rings. The van der Waals surface area contributed by atoms with Crippen molar-refractivity contribution in [2.24, 2.45) is 5.92 Å². The van der Waals surface area contributed by atoms with Gasteiger partial charge in [-0.05, 0) is 18.8 Å². The average Bonchev–Trinajstić information content (AvgIpc) is 2.66. The van der Waals surface area contributed by atoms with Gasteiger partial charge < -0.3 is 4.74 Å². The van der Waals surface area contributed by atoms with Crippen molar-refractivity contribution in [3.05, 3.63) is 12.0 Å². The van der Waals surface area contributed by atoms with Gasteiger partial charge in [-0.2, -0.15) is 0 Å². The molecular weight excluding hydrogens is 230 g/mol. The van der Waals surface area contributed by atoms with Crippen LogP contribution in [0.1, 0.15) is 39.5 Å². The maximum atomic E-state index is 11.6. The zero-order valence-electron chi connectivity index (χ0n) is 10.9. The molecule has 4 heteroatoms. The lowest BCUT2D eigenvalue weighted by Crippen LogP contribution is -2.27. The number of nitrogens with one attached hydrogen (secondary N) is 1. The second-order valence-corrected chi connectivity index (χ2v) is 4.66. The smallest absolute Gasteiger partial charge is 0.268 e. The Morgan fingerprint density at radius 3 is 2.83 bits per heavy atom. The molecule has 0 unspecified atom stereocenters. The van der Waals surface area contributed by atoms with Crippen molar-refractivity contribution in [2.45, 2.75) is 45.6 Å². The number of carbonyl (C=O) groups excluding carboxylic acids is 2. The molecule has 1 atom stereocenters. The van der Waals surface area contributed by atoms with Crippen LogP contribution in [-0.2, 0) is 14.3 Å². The second-order valence-electron chi connectivity index (χ2n) is 4.66. The minimum absolute atomic E-state index is 0.0493. The molecule has 0 aromatic rings. The molecule has 0 spiro atoms. The molecule has 0 aromatic carbocycles. The number of unbranched alkanes of at least 4 members (excludes halogenated alkanes) is 2. The molecule has 0 saturated carbocycles. The summed E-state index contributed by atoms with van der Waals surface area (Å²) >= 11 is 0. The normalized spacial score (nSPS) is 20.7. The zero-order chi connectivity index (χ0) is 13.5. The summed E-state index contributed by atoms with van der Waals surface area (Å²) in [5.41, 5.74) is 0. The zero-order valence-corrected chi connectivity index (χ0v) is 10.9. The highest BCUT2D eigenvalue weighted by molar-refractivity contribution is 5.92. The lowest BCUT2D eigenvalue weighted by molar-refractivity contribution is -0.125. The van der Waals surface area contributed by atoms with Gasteiger partial charge in [0, 0.05) is 18.9 Å². The van der Waals surface area contributed by atoms with Crippen molar-refractivity contribution in [1.29, 1.82) is 0 Å². The molecule has 0 bridgehead atoms. The quantitative estimate of drug-likeness (QED) is 0.443. The van der Waals surface area contributed by atoms with Crippen LogP contribution in [0.2, 0.25) is 0 Å². The monoisotopic (exact) mass is 249 g/mol. The Bertz CT molecular complexity index is 390. The van der Waals surface area contributed by atoms with Crippen molar-refractivity contribution in [2.75, 3.05) is 0 Å². The van der Waals surface area contributed by atoms with Gasteiger partial charge in [-0.15, -0.1) is 12.3 Å². The summed E-state index contributed by atoms with van der Waals surface area (Å²) < 4.78 is 5.38. The van der Waals surface area contributed by atoms with Gasteiger partial charge in [0.2, 0.25) is 0 Å². The molecule has 0 radical (unpaired) electrons. The summed E-state index contributed by atoms with van der Waals surface area (Å²) in [6.07, 6.45) is 8.70. The van der Waals surface area contributed by atoms with Crippen molar-refractivity contribution in [1.82, 2.24) is 5.32 Å². The molecule has 1 saturated heterocycles. The third kappa shape index (κ3) is 4.25. The first kappa shape index (κ1) is 14.3. The molecule has 98 valence electrons. The highest BCUT2D eigenvalue weighted by Gasteiger charge is 2.32. The van der Waals surface area contributed by atoms with Crippen LogP contribution >= 0.6 is 0 Å². The molecule has 1 amide bonds. The molecule has 1 heterocycles. The maximum absolute atomic E-state index is 11.6. The topological polar surface area (TPSA) is 55.4 Å². The average molecular weight is 249 g/mol. The van der Waals surface area contributed by atoms with E-state index in [1.54, 1.807) is 0 Å². The molecule has 1 aliphatic heterocycles. The van der Waals surface area contributed by atoms with Crippen LogP contribution < -0.4 is 5.32 Å². The SMILES string of the molecule is C#CCCCCC(=O)/C=C1\NC(=O)[C@H](C(C)C)O1. The van der Waals surface area contributed by atoms with Crippen LogP contribution in [0.25, 0.3) is 0 Å². The highest BCUT2D eigenvalue weighted by Crippen LogP contribution is 2.17. The summed E-state index contributed by atoms with van der Waals surface area (Å²) in [4.78, 5) is 23.1. The number of terminal acetylenes is 1. The first-order chi connectivity index (χ1) is 8.54. The van der Waals surface area contributed by atoms with Crippen molar-refractivity contribution in [3.63, 3.8) is 0 Å². The minimum Gasteiger partial charge on any atom is -0.465 e. The fourth-order valence-electron chi connectivity index (χ4n) is 1.67. The van der Waals surface area contributed by atoms with Gasteiger partial charge in [0.25, 0.3) is 5.91 Å². The summed E-state index contributed by atoms with van der Waals surface area (Å²) in [6.45, 7) is 3.80. The van der Waals surface area contributed by atoms with Gasteiger partial charge in [0.1, 0.15) is 0 Å². The van der Waals surface area contributed by atoms with Gasteiger partial charge in [-0.3, -0.25) is 14.9 Å². The van der Waals surface area contributed by atoms with E-state index in [-0.39, 0.29) is 23.5 Å². The molecule has 18 heavy (non-hydrogen) atoms. The molecular formula is C14H19NO3. The predicted octanol–water partition coefficient (Wildman–Crippen LogP) is 1.76. The lowest BCUT2D eigenvalue weighted by Gasteiger charge is -2.10. The standard InChI is InChI=1S/C14H19NO3/c1-4-5-6-7-8-11(16)9-12-15-14(17)13(18-12)10(2)3/h1,9-10,13H,5-8H2,2-3H3,(H,15,17)/b12-9+/t13-/m0/s1. The van der Waals surface area contributed by atoms with Crippen LogP contribution in [0.15, 0.2) is 12.0 Å². The van der Waals surface area contributed by atoms with Crippen molar-refractivity contribution < 1.29 is 14.3 Å². The number of rotatable bonds is 6. The van der Waals surface area contributed by atoms with Gasteiger partial charge in [-0.25, -0.2) is 0 Å². The largest absolute Gasteiger partial charge is 0.465 e. The van der Waals surface area contributed by atoms with Crippen LogP contribution in [-0.4, -0.2) is 17.8 Å². The Labute approximate surface area is 108 Å². The predicted molar refractivity (Wildman–Crippen MR) is 68.2 cm³/mol. The van der Waals surface area contributed by atoms with E-state index >= 15 is 0 Å². The number of allylic oxidation sites excluding steroid dienone is 1. The van der Waals surface area contributed by atoms with Crippen LogP contribution in [0, 0.1) is 18.3 Å². The highest BCUT2D eigenvalue weighted by atomic mass is 16.5. The molecule has 0 aromatic heterocycles. The van der Waals surface area contributed by atoms with Gasteiger partial charge in [0.05, 0.1) is 0 Å². The van der Waals surface area contributed by atoms with Crippen molar-refractivity contribution in [3.8, 4) is 12.3 Å². The van der Waals surface area contributed by atoms with E-state index < -0.39 is 6.10 Å². The summed E-state index contributed by atoms with van der Waals surface area (Å²) in [5, 5.41) is 2.56. The third-order valence-corrected chi connectivity index (χ3v) is 2.65. The van der Waals surface area contributed by atoms with Gasteiger partial charge >= 0.3 is 0 Å². The first-order valence-corrected chi connectivity index (χ1v) is 6.20. The summed E-state index contributed by atoms with van der Waals surface area (Å²) in [7, 11) is 0. The summed E-state index contributed by atoms with van der Waals surface area (Å²) in [5.74, 6) is 2.65. The summed E-state index contributed by atoms with van der Waals surface area (Å²) in [6, 6.07) is 0. The number of carbonyl (C=O) groups is 2. The minimum atomic E-state index is -0.495. The Hall–Kier alpha value is -1.76. The number of amides is 1. The Kier molecular flexibility index (Phi) is 5.44. The Balaban J connectivity index is 2.41. The van der Waals surface area contributed by atoms with E-state index in [4.69, 9.17) is 11.2 Å². The van der Waals surface area contributed by atoms with Crippen LogP contribution in [0.3, 0.4) is 0 Å². The Morgan fingerprint density at radius 1 is 1.56 bits per heavy atom. The van der Waals surface area contributed by atoms with E-state index in [0.717, 1.165) is 12.8 Å². The number of ketones is 1. The fraction of sp³-hybridized carbons (Fsp3) is 0.571. The van der Waals surface area contributed by atoms with Gasteiger partial charge in [-0.1, -0.05) is 13.8 Å². The van der Waals surface area contributed by atoms with Crippen LogP contribution in [0.4, 0.5) is 0 Å². The molecule has 1 aliphatic rings. The van der Waals surface area contributed by atoms with E-state index in [0.29, 0.717) is 12.8 Å². The van der Waals surface area contributed by atoms with Gasteiger partial charge in [0.15, 0.2) is 17.8 Å². The Morgan fingerprint density at radius 2 is 2.28 bits per heavy atom. The molecule has 1 N–H and O–H groups in total. The molecule has 0 aliphatic carbocycles. The lowest BCUT2D eigenvalue weighted by atomic mass is 10.1. The van der Waals surface area contributed by atoms with Crippen LogP contribution in [0.5, 0.6) is 0 Å². The number of ether oxygens (including phenoxy) is 1. The van der Waals surface area contributed by atoms with E-state index in [1.165, 1.54) is 6.08 Å². The van der Waals surface area contributed by atoms with Crippen molar-refractivity contribution >= 4 is 11.7 Å². The number of hydrogen-bond acceptors (Lipinski definition) is 3. The van der Waals surface area contributed by atoms with E-state index in [2.05, 4.69) is 11.2 Å². The third-order valence-electron chi connectivity index (χ3n) is 2.65. The van der Waals surface area contributed by atoms with E-state index in [9.17, 15) is 9.59 Å². The molecule has 1 rings (SSSR count). The maximum Gasteiger partial charge on any atom is 0.268 e.